The summed E-state index contributed by atoms with van der Waals surface area (Å²) in [6, 6.07) is -22.9. The van der Waals surface area contributed by atoms with Crippen LogP contribution in [0.25, 0.3) is 0 Å². The molecule has 8 rings (SSSR count). The molecule has 0 bridgehead atoms. The standard InChI is InChI=1S/C82H132N20O37/c1-33(65(83)119)89-70(124)46-18-12-24-101(46)77(131)47-19-13-25-102(47)75(129)35(3)91-72(126)54(36(4)107)97-68(122)43(29-103)94-52(112)28-88-69(123)44-16-10-22-99(44)74(128)34(2)90-71(125)45-17-11-23-100(45)76(130)41(15-9-21-87-81(84)85)95-73(127)55(98-67(121)42(26-53(113)114)96-66(120)40-14-8-20-86-40)37(5)134-78-57(93-39(7)109)62(59(116)50(31-105)135-78)137-79-61(118)64(60(117)51(32-106)136-79)139-82(80(132)133)27-48(110)56(92-38(6)108)63(138-82)58(115)49(111)30-104/h33-37,40-51,54-64,78-79,86,103-107,110-111,115-118H,8-32H2,1-7H3,(H2,83,119)(H,88,123)(H,89,124)(H,90,125)(H,91,126)(H,92,108)(H,93,109)(H,94,112)(H,95,127)(H,96,120)(H,97,122)(H,98,121)(H,113,114)(H,132,133)(H4,84,85,87)/t33-,34-,35-,36+,37+,40-,41-,42-,43-,44-,45-,46-,47-,48-,49+,50+,51+,54-,55-,56+,57+,58+,59-,60-,61+,62+,63+,64-,78-,79-,82-/m0/s1. The number of rotatable bonds is 46. The first kappa shape index (κ1) is 113. The van der Waals surface area contributed by atoms with E-state index in [4.69, 9.17) is 45.6 Å². The molecule has 0 saturated carbocycles. The maximum Gasteiger partial charge on any atom is 0.364 e. The number of likely N-dealkylation sites (tertiary alicyclic amines) is 4. The number of ether oxygens (including phenoxy) is 6. The van der Waals surface area contributed by atoms with E-state index in [1.807, 2.05) is 0 Å². The number of aliphatic hydroxyl groups excluding tert-OH is 11. The summed E-state index contributed by atoms with van der Waals surface area (Å²) < 4.78 is 35.7. The Balaban J connectivity index is 0.957. The van der Waals surface area contributed by atoms with Crippen LogP contribution in [0.3, 0.4) is 0 Å². The van der Waals surface area contributed by atoms with Crippen molar-refractivity contribution in [3.63, 3.8) is 0 Å². The molecule has 0 aromatic rings. The molecular formula is C82H132N20O37. The molecular weight excluding hydrogens is 1860 g/mol. The van der Waals surface area contributed by atoms with E-state index < -0.39 is 353 Å². The van der Waals surface area contributed by atoms with Gasteiger partial charge in [0.2, 0.25) is 94.5 Å². The number of hydrogen-bond acceptors (Lipinski definition) is 37. The topological polar surface area (TPSA) is 873 Å². The number of carbonyl (C=O) groups excluding carboxylic acids is 16. The molecule has 8 saturated heterocycles. The van der Waals surface area contributed by atoms with Gasteiger partial charge in [-0.05, 0) is 118 Å². The fraction of sp³-hybridized carbons (Fsp3) is 0.768. The van der Waals surface area contributed by atoms with Crippen molar-refractivity contribution < 1.29 is 181 Å². The van der Waals surface area contributed by atoms with Gasteiger partial charge in [0.05, 0.1) is 69.8 Å². The van der Waals surface area contributed by atoms with E-state index >= 15 is 9.59 Å². The van der Waals surface area contributed by atoms with Crippen molar-refractivity contribution in [1.82, 2.24) is 83.4 Å². The molecule has 0 spiro atoms. The zero-order chi connectivity index (χ0) is 103. The van der Waals surface area contributed by atoms with Crippen LogP contribution in [0.2, 0.25) is 0 Å². The van der Waals surface area contributed by atoms with Crippen LogP contribution in [-0.4, -0.2) is 459 Å². The molecule has 57 nitrogen and oxygen atoms in total. The molecule has 8 aliphatic rings. The van der Waals surface area contributed by atoms with Crippen molar-refractivity contribution in [2.45, 2.75) is 327 Å². The van der Waals surface area contributed by atoms with Gasteiger partial charge in [0.15, 0.2) is 18.5 Å². The Morgan fingerprint density at radius 3 is 1.59 bits per heavy atom. The van der Waals surface area contributed by atoms with E-state index in [0.29, 0.717) is 25.8 Å². The van der Waals surface area contributed by atoms with Crippen molar-refractivity contribution in [3.05, 3.63) is 0 Å². The molecule has 8 heterocycles. The highest BCUT2D eigenvalue weighted by molar-refractivity contribution is 6.01. The van der Waals surface area contributed by atoms with Crippen LogP contribution in [0.1, 0.15) is 138 Å². The first-order valence-corrected chi connectivity index (χ1v) is 45.7. The van der Waals surface area contributed by atoms with Gasteiger partial charge in [0.25, 0.3) is 5.79 Å². The zero-order valence-corrected chi connectivity index (χ0v) is 77.6. The number of aliphatic hydroxyl groups is 11. The Morgan fingerprint density at radius 2 is 1.05 bits per heavy atom. The minimum absolute atomic E-state index is 0.0191. The smallest absolute Gasteiger partial charge is 0.364 e. The van der Waals surface area contributed by atoms with Gasteiger partial charge in [-0.15, -0.1) is 0 Å². The Morgan fingerprint density at radius 1 is 0.532 bits per heavy atom. The third-order valence-electron chi connectivity index (χ3n) is 25.1. The van der Waals surface area contributed by atoms with Gasteiger partial charge in [0, 0.05) is 53.0 Å². The van der Waals surface area contributed by atoms with Crippen LogP contribution < -0.4 is 81.0 Å². The lowest BCUT2D eigenvalue weighted by molar-refractivity contribution is -0.382. The van der Waals surface area contributed by atoms with Crippen LogP contribution in [0, 0.1) is 0 Å². The molecule has 0 aromatic heterocycles. The van der Waals surface area contributed by atoms with E-state index in [1.165, 1.54) is 30.6 Å². The first-order valence-electron chi connectivity index (χ1n) is 45.7. The molecule has 31 atom stereocenters. The Kier molecular flexibility index (Phi) is 41.9. The first-order chi connectivity index (χ1) is 65.5. The second-order valence-corrected chi connectivity index (χ2v) is 35.5. The molecule has 139 heavy (non-hydrogen) atoms. The molecule has 782 valence electrons. The molecule has 16 amide bonds. The Hall–Kier alpha value is -11.0. The van der Waals surface area contributed by atoms with E-state index in [1.54, 1.807) is 0 Å². The number of guanidine groups is 1. The predicted molar refractivity (Wildman–Crippen MR) is 466 cm³/mol. The van der Waals surface area contributed by atoms with Gasteiger partial charge in [0.1, 0.15) is 140 Å². The summed E-state index contributed by atoms with van der Waals surface area (Å²) in [4.78, 5) is 255. The van der Waals surface area contributed by atoms with Crippen LogP contribution in [0.5, 0.6) is 0 Å². The highest BCUT2D eigenvalue weighted by atomic mass is 16.8. The lowest BCUT2D eigenvalue weighted by Gasteiger charge is -2.51. The molecule has 0 aromatic carbocycles. The number of carboxylic acids is 2. The summed E-state index contributed by atoms with van der Waals surface area (Å²) in [5.74, 6) is -22.7. The van der Waals surface area contributed by atoms with Crippen LogP contribution >= 0.6 is 0 Å². The van der Waals surface area contributed by atoms with Crippen LogP contribution in [0.4, 0.5) is 0 Å². The molecule has 8 fully saturated rings. The second-order valence-electron chi connectivity index (χ2n) is 35.5. The minimum Gasteiger partial charge on any atom is -0.481 e. The summed E-state index contributed by atoms with van der Waals surface area (Å²) >= 11 is 0. The predicted octanol–water partition coefficient (Wildman–Crippen LogP) is -16.5. The van der Waals surface area contributed by atoms with E-state index in [-0.39, 0.29) is 84.1 Å². The lowest BCUT2D eigenvalue weighted by atomic mass is 9.88. The van der Waals surface area contributed by atoms with Gasteiger partial charge >= 0.3 is 11.9 Å². The number of carbonyl (C=O) groups is 18. The van der Waals surface area contributed by atoms with Crippen LogP contribution in [-0.2, 0) is 115 Å². The van der Waals surface area contributed by atoms with Crippen molar-refractivity contribution in [1.29, 1.82) is 0 Å². The minimum atomic E-state index is -3.31. The highest BCUT2D eigenvalue weighted by Crippen LogP contribution is 2.40. The summed E-state index contributed by atoms with van der Waals surface area (Å²) in [5, 5.41) is 171. The largest absolute Gasteiger partial charge is 0.481 e. The number of nitrogens with two attached hydrogens (primary N) is 3. The van der Waals surface area contributed by atoms with Gasteiger partial charge in [-0.3, -0.25) is 86.5 Å². The molecule has 57 heteroatoms. The second kappa shape index (κ2) is 51.4. The normalized spacial score (nSPS) is 29.4. The number of primary amides is 1. The summed E-state index contributed by atoms with van der Waals surface area (Å²) in [6.07, 6.45) is -33.1. The Labute approximate surface area is 795 Å². The number of carboxylic acid groups (broad SMARTS) is 2. The zero-order valence-electron chi connectivity index (χ0n) is 77.6. The van der Waals surface area contributed by atoms with Crippen molar-refractivity contribution in [2.75, 3.05) is 72.2 Å². The van der Waals surface area contributed by atoms with Gasteiger partial charge < -0.3 is 195 Å². The maximum atomic E-state index is 15.5. The molecule has 8 aliphatic heterocycles. The highest BCUT2D eigenvalue weighted by Gasteiger charge is 2.61. The maximum absolute atomic E-state index is 15.5. The monoisotopic (exact) mass is 1990 g/mol. The number of hydrogen-bond donors (Lipinski definition) is 28. The van der Waals surface area contributed by atoms with E-state index in [2.05, 4.69) is 68.8 Å². The lowest BCUT2D eigenvalue weighted by Crippen LogP contribution is -2.71. The number of amides is 16. The van der Waals surface area contributed by atoms with Crippen molar-refractivity contribution in [3.8, 4) is 0 Å². The van der Waals surface area contributed by atoms with Crippen molar-refractivity contribution in [2.24, 2.45) is 22.2 Å². The fourth-order valence-corrected chi connectivity index (χ4v) is 17.8. The number of nitrogens with one attached hydrogen (secondary N) is 12. The van der Waals surface area contributed by atoms with Gasteiger partial charge in [-0.2, -0.15) is 0 Å². The average molecular weight is 1990 g/mol. The van der Waals surface area contributed by atoms with E-state index in [9.17, 15) is 143 Å². The molecule has 0 radical (unpaired) electrons. The Bertz CT molecular complexity index is 4400. The number of nitrogens with zero attached hydrogens (tertiary/aromatic N) is 5. The third-order valence-corrected chi connectivity index (χ3v) is 25.1. The van der Waals surface area contributed by atoms with Gasteiger partial charge in [-0.1, -0.05) is 0 Å². The summed E-state index contributed by atoms with van der Waals surface area (Å²) in [5.41, 5.74) is 16.6. The summed E-state index contributed by atoms with van der Waals surface area (Å²) in [7, 11) is 0. The van der Waals surface area contributed by atoms with Crippen LogP contribution in [0.15, 0.2) is 4.99 Å². The summed E-state index contributed by atoms with van der Waals surface area (Å²) in [6.45, 7) is 2.56. The fourth-order valence-electron chi connectivity index (χ4n) is 17.8. The third kappa shape index (κ3) is 29.1. The quantitative estimate of drug-likeness (QED) is 0.0153. The molecule has 0 unspecified atom stereocenters. The van der Waals surface area contributed by atoms with Crippen molar-refractivity contribution >= 4 is 112 Å². The molecule has 0 aliphatic carbocycles. The average Bonchev–Trinajstić information content (AvgIpc) is 1.33. The van der Waals surface area contributed by atoms with E-state index in [0.717, 1.165) is 37.5 Å². The number of aliphatic carboxylic acids is 2. The SMILES string of the molecule is CC(=O)N[C@H]1[C@@H](O[C@H](C)[C@H](NC(=O)[C@H](CC(=O)O)NC(=O)[C@@H]2CCCN2)C(=O)N[C@@H](CCCN=C(N)N)C(=O)N2CCC[C@H]2C(=O)N[C@@H](C)C(=O)N2CCC[C@H]2C(=O)NCC(=O)N[C@@H](CO)C(=O)N[C@H](C(=O)N[C@@H](C)C(=O)N2CCC[C@H]2C(=O)N2CCC[C@H]2C(=O)N[C@@H](C)C(N)=O)[C@@H](C)O)O[C@H](CO)[C@H](O)[C@@H]1O[C@@H]1O[C@H](CO)[C@H](O)[C@H](O[C@]2(C(=O)O)C[C@H](O)[C@@H](NC(C)=O)[C@H]([C@H](O)[C@H](O)CO)O2)[C@H]1O. The molecule has 31 N–H and O–H groups in total. The van der Waals surface area contributed by atoms with Gasteiger partial charge in [-0.25, -0.2) is 4.79 Å². The number of aliphatic imine (C=N–C) groups is 1.